The Morgan fingerprint density at radius 1 is 1.15 bits per heavy atom. The van der Waals surface area contributed by atoms with E-state index in [0.717, 1.165) is 4.90 Å². The molecule has 140 valence electrons. The van der Waals surface area contributed by atoms with E-state index >= 15 is 0 Å². The molecule has 27 heavy (non-hydrogen) atoms. The SMILES string of the molecule is CCC1(c2ccccc2)NC(=O)N(CC(=O)Oc2ccc(Cl)cc2Cl)C1=O. The maximum absolute atomic E-state index is 13.0. The van der Waals surface area contributed by atoms with Crippen molar-refractivity contribution in [2.75, 3.05) is 6.54 Å². The summed E-state index contributed by atoms with van der Waals surface area (Å²) in [6.45, 7) is 1.26. The molecule has 0 bridgehead atoms. The highest BCUT2D eigenvalue weighted by Crippen LogP contribution is 2.32. The number of halogens is 2. The summed E-state index contributed by atoms with van der Waals surface area (Å²) in [6, 6.07) is 12.6. The predicted molar refractivity (Wildman–Crippen MR) is 101 cm³/mol. The fourth-order valence-corrected chi connectivity index (χ4v) is 3.42. The minimum Gasteiger partial charge on any atom is -0.424 e. The number of benzene rings is 2. The zero-order valence-electron chi connectivity index (χ0n) is 14.4. The van der Waals surface area contributed by atoms with Gasteiger partial charge in [-0.15, -0.1) is 0 Å². The van der Waals surface area contributed by atoms with Crippen LogP contribution < -0.4 is 10.1 Å². The lowest BCUT2D eigenvalue weighted by Crippen LogP contribution is -2.44. The molecule has 0 aliphatic carbocycles. The second-order valence-corrected chi connectivity index (χ2v) is 6.84. The molecule has 3 amide bonds. The van der Waals surface area contributed by atoms with E-state index in [4.69, 9.17) is 27.9 Å². The molecule has 0 aromatic heterocycles. The van der Waals surface area contributed by atoms with Crippen LogP contribution in [-0.2, 0) is 15.1 Å². The molecule has 8 heteroatoms. The Bertz CT molecular complexity index is 904. The largest absolute Gasteiger partial charge is 0.424 e. The first-order valence-corrected chi connectivity index (χ1v) is 8.98. The summed E-state index contributed by atoms with van der Waals surface area (Å²) in [6.07, 6.45) is 0.343. The van der Waals surface area contributed by atoms with Crippen molar-refractivity contribution >= 4 is 41.1 Å². The molecule has 2 aromatic rings. The Morgan fingerprint density at radius 3 is 2.48 bits per heavy atom. The van der Waals surface area contributed by atoms with E-state index in [2.05, 4.69) is 5.32 Å². The van der Waals surface area contributed by atoms with Crippen LogP contribution in [0.3, 0.4) is 0 Å². The van der Waals surface area contributed by atoms with E-state index in [1.54, 1.807) is 31.2 Å². The zero-order chi connectivity index (χ0) is 19.6. The average Bonchev–Trinajstić information content (AvgIpc) is 2.90. The third kappa shape index (κ3) is 3.63. The second-order valence-electron chi connectivity index (χ2n) is 6.00. The Morgan fingerprint density at radius 2 is 1.85 bits per heavy atom. The van der Waals surface area contributed by atoms with Crippen LogP contribution in [0.15, 0.2) is 48.5 Å². The summed E-state index contributed by atoms with van der Waals surface area (Å²) < 4.78 is 5.16. The molecule has 1 unspecified atom stereocenters. The second kappa shape index (κ2) is 7.58. The Kier molecular flexibility index (Phi) is 5.39. The maximum atomic E-state index is 13.0. The van der Waals surface area contributed by atoms with Crippen molar-refractivity contribution in [3.63, 3.8) is 0 Å². The van der Waals surface area contributed by atoms with Gasteiger partial charge in [0.25, 0.3) is 5.91 Å². The molecule has 1 atom stereocenters. The van der Waals surface area contributed by atoms with Gasteiger partial charge in [-0.05, 0) is 30.2 Å². The molecule has 1 fully saturated rings. The number of hydrogen-bond donors (Lipinski definition) is 1. The van der Waals surface area contributed by atoms with E-state index in [1.807, 2.05) is 6.07 Å². The predicted octanol–water partition coefficient (Wildman–Crippen LogP) is 3.76. The van der Waals surface area contributed by atoms with Crippen LogP contribution in [0.2, 0.25) is 10.0 Å². The number of hydrogen-bond acceptors (Lipinski definition) is 4. The van der Waals surface area contributed by atoms with Gasteiger partial charge in [0, 0.05) is 5.02 Å². The van der Waals surface area contributed by atoms with Gasteiger partial charge in [0.05, 0.1) is 5.02 Å². The molecule has 0 saturated carbocycles. The van der Waals surface area contributed by atoms with E-state index in [0.29, 0.717) is 17.0 Å². The molecule has 6 nitrogen and oxygen atoms in total. The molecule has 2 aromatic carbocycles. The summed E-state index contributed by atoms with van der Waals surface area (Å²) in [5, 5.41) is 3.25. The fraction of sp³-hybridized carbons (Fsp3) is 0.211. The van der Waals surface area contributed by atoms with E-state index < -0.39 is 30.0 Å². The lowest BCUT2D eigenvalue weighted by molar-refractivity contribution is -0.141. The summed E-state index contributed by atoms with van der Waals surface area (Å²) in [5.74, 6) is -1.19. The molecular formula is C19H16Cl2N2O4. The van der Waals surface area contributed by atoms with Gasteiger partial charge in [-0.1, -0.05) is 60.5 Å². The number of ether oxygens (including phenoxy) is 1. The van der Waals surface area contributed by atoms with Gasteiger partial charge in [-0.2, -0.15) is 0 Å². The molecule has 1 heterocycles. The molecule has 1 aliphatic heterocycles. The number of amides is 3. The van der Waals surface area contributed by atoms with Gasteiger partial charge in [0.15, 0.2) is 0 Å². The fourth-order valence-electron chi connectivity index (χ4n) is 2.97. The summed E-state index contributed by atoms with van der Waals surface area (Å²) in [5.41, 5.74) is -0.543. The number of rotatable bonds is 5. The normalized spacial score (nSPS) is 19.1. The molecule has 3 rings (SSSR count). The third-order valence-corrected chi connectivity index (χ3v) is 4.91. The highest BCUT2D eigenvalue weighted by Gasteiger charge is 2.51. The number of nitrogens with zero attached hydrogens (tertiary/aromatic N) is 1. The lowest BCUT2D eigenvalue weighted by atomic mass is 9.87. The lowest BCUT2D eigenvalue weighted by Gasteiger charge is -2.25. The molecule has 1 N–H and O–H groups in total. The highest BCUT2D eigenvalue weighted by atomic mass is 35.5. The van der Waals surface area contributed by atoms with Crippen molar-refractivity contribution in [1.82, 2.24) is 10.2 Å². The van der Waals surface area contributed by atoms with Crippen molar-refractivity contribution in [2.24, 2.45) is 0 Å². The van der Waals surface area contributed by atoms with E-state index in [9.17, 15) is 14.4 Å². The van der Waals surface area contributed by atoms with Crippen molar-refractivity contribution in [3.05, 3.63) is 64.1 Å². The Labute approximate surface area is 166 Å². The summed E-state index contributed by atoms with van der Waals surface area (Å²) in [4.78, 5) is 38.4. The van der Waals surface area contributed by atoms with Crippen molar-refractivity contribution in [3.8, 4) is 5.75 Å². The number of urea groups is 1. The van der Waals surface area contributed by atoms with Crippen LogP contribution >= 0.6 is 23.2 Å². The molecular weight excluding hydrogens is 391 g/mol. The van der Waals surface area contributed by atoms with Crippen LogP contribution in [0.4, 0.5) is 4.79 Å². The van der Waals surface area contributed by atoms with Crippen molar-refractivity contribution in [1.29, 1.82) is 0 Å². The first-order valence-electron chi connectivity index (χ1n) is 8.22. The molecule has 0 radical (unpaired) electrons. The quantitative estimate of drug-likeness (QED) is 0.465. The van der Waals surface area contributed by atoms with Crippen LogP contribution in [0.1, 0.15) is 18.9 Å². The van der Waals surface area contributed by atoms with Gasteiger partial charge < -0.3 is 10.1 Å². The third-order valence-electron chi connectivity index (χ3n) is 4.38. The number of carbonyl (C=O) groups is 3. The zero-order valence-corrected chi connectivity index (χ0v) is 15.9. The maximum Gasteiger partial charge on any atom is 0.331 e. The van der Waals surface area contributed by atoms with Crippen LogP contribution in [-0.4, -0.2) is 29.4 Å². The van der Waals surface area contributed by atoms with Crippen LogP contribution in [0.5, 0.6) is 5.75 Å². The van der Waals surface area contributed by atoms with Gasteiger partial charge in [0.2, 0.25) is 0 Å². The minimum atomic E-state index is -1.20. The molecule has 1 saturated heterocycles. The number of nitrogens with one attached hydrogen (secondary N) is 1. The van der Waals surface area contributed by atoms with E-state index in [1.165, 1.54) is 18.2 Å². The van der Waals surface area contributed by atoms with Gasteiger partial charge in [-0.3, -0.25) is 9.69 Å². The monoisotopic (exact) mass is 406 g/mol. The summed E-state index contributed by atoms with van der Waals surface area (Å²) >= 11 is 11.8. The van der Waals surface area contributed by atoms with Crippen LogP contribution in [0.25, 0.3) is 0 Å². The minimum absolute atomic E-state index is 0.0999. The number of imide groups is 1. The first-order chi connectivity index (χ1) is 12.9. The van der Waals surface area contributed by atoms with E-state index in [-0.39, 0.29) is 10.8 Å². The van der Waals surface area contributed by atoms with Gasteiger partial charge >= 0.3 is 12.0 Å². The smallest absolute Gasteiger partial charge is 0.331 e. The van der Waals surface area contributed by atoms with Crippen molar-refractivity contribution < 1.29 is 19.1 Å². The number of carbonyl (C=O) groups excluding carboxylic acids is 3. The topological polar surface area (TPSA) is 75.7 Å². The Hall–Kier alpha value is -2.57. The van der Waals surface area contributed by atoms with Gasteiger partial charge in [0.1, 0.15) is 17.8 Å². The molecule has 1 aliphatic rings. The summed E-state index contributed by atoms with van der Waals surface area (Å²) in [7, 11) is 0. The van der Waals surface area contributed by atoms with Crippen molar-refractivity contribution in [2.45, 2.75) is 18.9 Å². The highest BCUT2D eigenvalue weighted by molar-refractivity contribution is 6.35. The standard InChI is InChI=1S/C19H16Cl2N2O4/c1-2-19(12-6-4-3-5-7-12)17(25)23(18(26)22-19)11-16(24)27-15-9-8-13(20)10-14(15)21/h3-10H,2,11H2,1H3,(H,22,26). The Balaban J connectivity index is 1.78. The average molecular weight is 407 g/mol. The first kappa shape index (κ1) is 19.2. The molecule has 0 spiro atoms. The number of esters is 1. The van der Waals surface area contributed by atoms with Gasteiger partial charge in [-0.25, -0.2) is 9.59 Å². The van der Waals surface area contributed by atoms with Crippen LogP contribution in [0, 0.1) is 0 Å².